The van der Waals surface area contributed by atoms with Crippen molar-refractivity contribution in [2.75, 3.05) is 18.2 Å². The molecule has 86 valence electrons. The zero-order valence-corrected chi connectivity index (χ0v) is 10.6. The normalized spacial score (nSPS) is 24.8. The summed E-state index contributed by atoms with van der Waals surface area (Å²) < 4.78 is 5.66. The van der Waals surface area contributed by atoms with Gasteiger partial charge < -0.3 is 9.64 Å². The standard InChI is InChI=1S/C12H13Cl2NO/c1-3-12(2)7-15(8-16-12)11-5-9(13)4-10(14)6-11/h3-6H,1,7-8H2,2H3. The quantitative estimate of drug-likeness (QED) is 0.749. The molecule has 2 nitrogen and oxygen atoms in total. The Morgan fingerprint density at radius 2 is 2.00 bits per heavy atom. The Kier molecular flexibility index (Phi) is 3.15. The Labute approximate surface area is 105 Å². The lowest BCUT2D eigenvalue weighted by molar-refractivity contribution is 0.0684. The fourth-order valence-corrected chi connectivity index (χ4v) is 2.22. The van der Waals surface area contributed by atoms with Crippen LogP contribution in [0.3, 0.4) is 0 Å². The Hall–Kier alpha value is -0.700. The van der Waals surface area contributed by atoms with Gasteiger partial charge in [-0.1, -0.05) is 29.3 Å². The van der Waals surface area contributed by atoms with E-state index in [0.717, 1.165) is 12.2 Å². The highest BCUT2D eigenvalue weighted by molar-refractivity contribution is 6.35. The first-order valence-corrected chi connectivity index (χ1v) is 5.77. The molecular weight excluding hydrogens is 245 g/mol. The summed E-state index contributed by atoms with van der Waals surface area (Å²) in [4.78, 5) is 2.08. The maximum atomic E-state index is 5.96. The van der Waals surface area contributed by atoms with Crippen molar-refractivity contribution in [1.29, 1.82) is 0 Å². The lowest BCUT2D eigenvalue weighted by Crippen LogP contribution is -2.28. The molecule has 0 aromatic heterocycles. The van der Waals surface area contributed by atoms with Crippen LogP contribution in [0.4, 0.5) is 5.69 Å². The number of nitrogens with zero attached hydrogens (tertiary/aromatic N) is 1. The number of ether oxygens (including phenoxy) is 1. The fraction of sp³-hybridized carbons (Fsp3) is 0.333. The highest BCUT2D eigenvalue weighted by Gasteiger charge is 2.32. The SMILES string of the molecule is C=CC1(C)CN(c2cc(Cl)cc(Cl)c2)CO1. The Morgan fingerprint density at radius 1 is 1.38 bits per heavy atom. The predicted octanol–water partition coefficient (Wildman–Crippen LogP) is 3.73. The number of anilines is 1. The number of halogens is 2. The summed E-state index contributed by atoms with van der Waals surface area (Å²) in [6.45, 7) is 7.06. The van der Waals surface area contributed by atoms with Gasteiger partial charge >= 0.3 is 0 Å². The molecule has 1 unspecified atom stereocenters. The van der Waals surface area contributed by atoms with Gasteiger partial charge in [-0.15, -0.1) is 6.58 Å². The summed E-state index contributed by atoms with van der Waals surface area (Å²) in [5, 5.41) is 1.27. The molecule has 0 bridgehead atoms. The van der Waals surface area contributed by atoms with E-state index >= 15 is 0 Å². The van der Waals surface area contributed by atoms with Crippen molar-refractivity contribution in [2.24, 2.45) is 0 Å². The molecule has 0 saturated carbocycles. The van der Waals surface area contributed by atoms with Crippen LogP contribution in [0.15, 0.2) is 30.9 Å². The molecule has 0 aliphatic carbocycles. The van der Waals surface area contributed by atoms with Gasteiger partial charge in [-0.05, 0) is 25.1 Å². The highest BCUT2D eigenvalue weighted by Crippen LogP contribution is 2.30. The molecule has 1 aromatic carbocycles. The van der Waals surface area contributed by atoms with E-state index in [-0.39, 0.29) is 5.60 Å². The second-order valence-corrected chi connectivity index (χ2v) is 4.99. The molecule has 1 aliphatic rings. The van der Waals surface area contributed by atoms with Gasteiger partial charge in [-0.25, -0.2) is 0 Å². The first-order chi connectivity index (χ1) is 7.52. The van der Waals surface area contributed by atoms with E-state index in [9.17, 15) is 0 Å². The zero-order chi connectivity index (χ0) is 11.8. The van der Waals surface area contributed by atoms with E-state index in [1.54, 1.807) is 6.07 Å². The average Bonchev–Trinajstić information content (AvgIpc) is 2.61. The van der Waals surface area contributed by atoms with Crippen LogP contribution in [0.2, 0.25) is 10.0 Å². The zero-order valence-electron chi connectivity index (χ0n) is 9.04. The smallest absolute Gasteiger partial charge is 0.120 e. The summed E-state index contributed by atoms with van der Waals surface area (Å²) in [7, 11) is 0. The molecule has 2 rings (SSSR count). The molecule has 1 heterocycles. The van der Waals surface area contributed by atoms with Crippen molar-refractivity contribution >= 4 is 28.9 Å². The summed E-state index contributed by atoms with van der Waals surface area (Å²) in [6.07, 6.45) is 1.82. The van der Waals surface area contributed by atoms with Gasteiger partial charge in [0.25, 0.3) is 0 Å². The highest BCUT2D eigenvalue weighted by atomic mass is 35.5. The van der Waals surface area contributed by atoms with Crippen LogP contribution in [0.5, 0.6) is 0 Å². The first kappa shape index (κ1) is 11.8. The van der Waals surface area contributed by atoms with Crippen molar-refractivity contribution in [2.45, 2.75) is 12.5 Å². The molecule has 1 atom stereocenters. The maximum absolute atomic E-state index is 5.96. The summed E-state index contributed by atoms with van der Waals surface area (Å²) >= 11 is 11.9. The monoisotopic (exact) mass is 257 g/mol. The predicted molar refractivity (Wildman–Crippen MR) is 68.4 cm³/mol. The molecule has 1 fully saturated rings. The molecule has 1 aromatic rings. The number of hydrogen-bond acceptors (Lipinski definition) is 2. The van der Waals surface area contributed by atoms with Gasteiger partial charge in [-0.2, -0.15) is 0 Å². The fourth-order valence-electron chi connectivity index (χ4n) is 1.71. The van der Waals surface area contributed by atoms with Gasteiger partial charge in [0, 0.05) is 15.7 Å². The first-order valence-electron chi connectivity index (χ1n) is 5.01. The molecule has 0 spiro atoms. The van der Waals surface area contributed by atoms with Crippen molar-refractivity contribution in [3.05, 3.63) is 40.9 Å². The van der Waals surface area contributed by atoms with Crippen LogP contribution < -0.4 is 4.90 Å². The Balaban J connectivity index is 2.23. The Bertz CT molecular complexity index is 401. The summed E-state index contributed by atoms with van der Waals surface area (Å²) in [5.74, 6) is 0. The van der Waals surface area contributed by atoms with Crippen molar-refractivity contribution in [3.63, 3.8) is 0 Å². The molecule has 0 amide bonds. The second kappa shape index (κ2) is 4.28. The average molecular weight is 258 g/mol. The van der Waals surface area contributed by atoms with Gasteiger partial charge in [0.1, 0.15) is 12.3 Å². The van der Waals surface area contributed by atoms with Crippen LogP contribution in [0.25, 0.3) is 0 Å². The molecule has 0 N–H and O–H groups in total. The van der Waals surface area contributed by atoms with Gasteiger partial charge in [0.05, 0.1) is 6.54 Å². The van der Waals surface area contributed by atoms with Crippen LogP contribution in [-0.2, 0) is 4.74 Å². The van der Waals surface area contributed by atoms with Crippen molar-refractivity contribution in [1.82, 2.24) is 0 Å². The van der Waals surface area contributed by atoms with Gasteiger partial charge in [-0.3, -0.25) is 0 Å². The van der Waals surface area contributed by atoms with Crippen LogP contribution in [0.1, 0.15) is 6.92 Å². The molecule has 16 heavy (non-hydrogen) atoms. The van der Waals surface area contributed by atoms with E-state index in [4.69, 9.17) is 27.9 Å². The number of benzene rings is 1. The van der Waals surface area contributed by atoms with Crippen molar-refractivity contribution < 1.29 is 4.74 Å². The molecular formula is C12H13Cl2NO. The second-order valence-electron chi connectivity index (χ2n) is 4.12. The van der Waals surface area contributed by atoms with E-state index in [0.29, 0.717) is 16.8 Å². The molecule has 1 saturated heterocycles. The summed E-state index contributed by atoms with van der Waals surface area (Å²) in [5.41, 5.74) is 0.678. The molecule has 0 radical (unpaired) electrons. The summed E-state index contributed by atoms with van der Waals surface area (Å²) in [6, 6.07) is 5.48. The maximum Gasteiger partial charge on any atom is 0.120 e. The minimum absolute atomic E-state index is 0.297. The van der Waals surface area contributed by atoms with E-state index in [2.05, 4.69) is 11.5 Å². The number of rotatable bonds is 2. The van der Waals surface area contributed by atoms with E-state index in [1.807, 2.05) is 25.1 Å². The number of hydrogen-bond donors (Lipinski definition) is 0. The van der Waals surface area contributed by atoms with Gasteiger partial charge in [0.15, 0.2) is 0 Å². The third kappa shape index (κ3) is 2.34. The van der Waals surface area contributed by atoms with Crippen molar-refractivity contribution in [3.8, 4) is 0 Å². The Morgan fingerprint density at radius 3 is 2.50 bits per heavy atom. The van der Waals surface area contributed by atoms with E-state index < -0.39 is 0 Å². The van der Waals surface area contributed by atoms with E-state index in [1.165, 1.54) is 0 Å². The third-order valence-corrected chi connectivity index (χ3v) is 3.14. The lowest BCUT2D eigenvalue weighted by Gasteiger charge is -2.19. The van der Waals surface area contributed by atoms with Crippen LogP contribution in [-0.4, -0.2) is 18.9 Å². The minimum Gasteiger partial charge on any atom is -0.349 e. The third-order valence-electron chi connectivity index (χ3n) is 2.70. The molecule has 1 aliphatic heterocycles. The molecule has 4 heteroatoms. The van der Waals surface area contributed by atoms with Crippen LogP contribution >= 0.6 is 23.2 Å². The minimum atomic E-state index is -0.297. The van der Waals surface area contributed by atoms with Crippen LogP contribution in [0, 0.1) is 0 Å². The largest absolute Gasteiger partial charge is 0.349 e. The topological polar surface area (TPSA) is 12.5 Å². The van der Waals surface area contributed by atoms with Gasteiger partial charge in [0.2, 0.25) is 0 Å². The lowest BCUT2D eigenvalue weighted by atomic mass is 10.1.